The monoisotopic (exact) mass is 834 g/mol. The van der Waals surface area contributed by atoms with Crippen molar-refractivity contribution < 1.29 is 38.2 Å². The molecule has 0 aliphatic carbocycles. The number of nitrogens with zero attached hydrogens (tertiary/aromatic N) is 1. The summed E-state index contributed by atoms with van der Waals surface area (Å²) in [6, 6.07) is -0.723. The van der Waals surface area contributed by atoms with E-state index < -0.39 is 18.1 Å². The Morgan fingerprint density at radius 3 is 1.31 bits per heavy atom. The van der Waals surface area contributed by atoms with Crippen LogP contribution in [0.3, 0.4) is 0 Å². The third-order valence-corrected chi connectivity index (χ3v) is 11.3. The van der Waals surface area contributed by atoms with Crippen LogP contribution in [0.25, 0.3) is 0 Å². The van der Waals surface area contributed by atoms with Crippen LogP contribution in [0.15, 0.2) is 24.3 Å². The van der Waals surface area contributed by atoms with Crippen LogP contribution in [0.2, 0.25) is 0 Å². The van der Waals surface area contributed by atoms with Crippen molar-refractivity contribution >= 4 is 17.9 Å². The molecular weight excluding hydrogens is 739 g/mol. The second kappa shape index (κ2) is 42.5. The van der Waals surface area contributed by atoms with Crippen molar-refractivity contribution in [1.82, 2.24) is 0 Å². The number of hydrogen-bond acceptors (Lipinski definition) is 7. The van der Waals surface area contributed by atoms with Gasteiger partial charge in [0.2, 0.25) is 0 Å². The van der Waals surface area contributed by atoms with E-state index in [1.807, 2.05) is 0 Å². The minimum absolute atomic E-state index is 0.0444. The van der Waals surface area contributed by atoms with Crippen molar-refractivity contribution in [3.8, 4) is 0 Å². The van der Waals surface area contributed by atoms with Gasteiger partial charge in [-0.1, -0.05) is 192 Å². The third kappa shape index (κ3) is 41.0. The number of carboxylic acid groups (broad SMARTS) is 1. The Morgan fingerprint density at radius 1 is 0.508 bits per heavy atom. The van der Waals surface area contributed by atoms with Crippen molar-refractivity contribution in [3.05, 3.63) is 24.3 Å². The molecule has 0 heterocycles. The first-order valence-electron chi connectivity index (χ1n) is 24.9. The molecule has 0 rings (SSSR count). The fourth-order valence-corrected chi connectivity index (χ4v) is 7.46. The first kappa shape index (κ1) is 56.8. The molecule has 0 aliphatic heterocycles. The molecule has 0 aromatic rings. The zero-order valence-electron chi connectivity index (χ0n) is 39.4. The van der Waals surface area contributed by atoms with E-state index in [9.17, 15) is 19.5 Å². The number of carbonyl (C=O) groups excluding carboxylic acids is 3. The van der Waals surface area contributed by atoms with Gasteiger partial charge >= 0.3 is 11.9 Å². The molecule has 0 amide bonds. The van der Waals surface area contributed by atoms with Crippen molar-refractivity contribution in [3.63, 3.8) is 0 Å². The summed E-state index contributed by atoms with van der Waals surface area (Å²) in [6.07, 6.45) is 47.7. The van der Waals surface area contributed by atoms with Crippen LogP contribution in [0.1, 0.15) is 232 Å². The molecule has 8 nitrogen and oxygen atoms in total. The second-order valence-corrected chi connectivity index (χ2v) is 18.1. The maximum Gasteiger partial charge on any atom is 0.306 e. The molecule has 0 aromatic heterocycles. The Hall–Kier alpha value is -2.19. The number of rotatable bonds is 45. The molecule has 8 heteroatoms. The number of likely N-dealkylation sites (N-methyl/N-ethyl adjacent to an activating group) is 1. The molecule has 0 saturated carbocycles. The topological polar surface area (TPSA) is 102 Å². The average molecular weight is 834 g/mol. The van der Waals surface area contributed by atoms with Crippen LogP contribution in [0.4, 0.5) is 0 Å². The number of carbonyl (C=O) groups is 3. The summed E-state index contributed by atoms with van der Waals surface area (Å²) < 4.78 is 17.2. The normalized spacial score (nSPS) is 13.0. The highest BCUT2D eigenvalue weighted by Gasteiger charge is 2.25. The van der Waals surface area contributed by atoms with Crippen molar-refractivity contribution in [2.24, 2.45) is 0 Å². The zero-order valence-corrected chi connectivity index (χ0v) is 39.4. The third-order valence-electron chi connectivity index (χ3n) is 11.3. The van der Waals surface area contributed by atoms with E-state index in [4.69, 9.17) is 14.2 Å². The van der Waals surface area contributed by atoms with E-state index in [-0.39, 0.29) is 42.7 Å². The summed E-state index contributed by atoms with van der Waals surface area (Å²) in [6.45, 7) is 4.67. The Bertz CT molecular complexity index is 1020. The van der Waals surface area contributed by atoms with Gasteiger partial charge in [-0.05, 0) is 44.9 Å². The van der Waals surface area contributed by atoms with Crippen LogP contribution in [0.5, 0.6) is 0 Å². The van der Waals surface area contributed by atoms with Crippen LogP contribution < -0.4 is 5.11 Å². The Morgan fingerprint density at radius 2 is 0.898 bits per heavy atom. The van der Waals surface area contributed by atoms with E-state index in [2.05, 4.69) is 38.2 Å². The van der Waals surface area contributed by atoms with Gasteiger partial charge in [-0.25, -0.2) is 0 Å². The maximum absolute atomic E-state index is 12.8. The van der Waals surface area contributed by atoms with Gasteiger partial charge in [-0.2, -0.15) is 0 Å². The number of quaternary nitrogens is 1. The zero-order chi connectivity index (χ0) is 43.5. The highest BCUT2D eigenvalue weighted by Crippen LogP contribution is 2.16. The lowest BCUT2D eigenvalue weighted by atomic mass is 10.0. The van der Waals surface area contributed by atoms with Gasteiger partial charge < -0.3 is 28.6 Å². The molecule has 2 atom stereocenters. The lowest BCUT2D eigenvalue weighted by Crippen LogP contribution is -2.55. The van der Waals surface area contributed by atoms with Gasteiger partial charge in [-0.15, -0.1) is 0 Å². The average Bonchev–Trinajstić information content (AvgIpc) is 3.19. The predicted octanol–water partition coefficient (Wildman–Crippen LogP) is 12.7. The van der Waals surface area contributed by atoms with Gasteiger partial charge in [0, 0.05) is 19.3 Å². The summed E-state index contributed by atoms with van der Waals surface area (Å²) in [5, 5.41) is 11.6. The summed E-state index contributed by atoms with van der Waals surface area (Å²) in [5.74, 6) is -1.72. The molecule has 346 valence electrons. The minimum atomic E-state index is -1.12. The highest BCUT2D eigenvalue weighted by atomic mass is 16.6. The van der Waals surface area contributed by atoms with Gasteiger partial charge in [0.25, 0.3) is 0 Å². The lowest BCUT2D eigenvalue weighted by Gasteiger charge is -2.34. The predicted molar refractivity (Wildman–Crippen MR) is 245 cm³/mol. The molecule has 59 heavy (non-hydrogen) atoms. The van der Waals surface area contributed by atoms with Gasteiger partial charge in [0.05, 0.1) is 40.3 Å². The quantitative estimate of drug-likeness (QED) is 0.0260. The fraction of sp³-hybridized carbons (Fsp3) is 0.863. The number of aliphatic carboxylic acids is 1. The number of allylic oxidation sites excluding steroid dienone is 4. The van der Waals surface area contributed by atoms with Gasteiger partial charge in [0.1, 0.15) is 12.6 Å². The van der Waals surface area contributed by atoms with Gasteiger partial charge in [-0.3, -0.25) is 9.59 Å². The smallest absolute Gasteiger partial charge is 0.306 e. The lowest BCUT2D eigenvalue weighted by molar-refractivity contribution is -0.889. The highest BCUT2D eigenvalue weighted by molar-refractivity contribution is 5.70. The standard InChI is InChI=1S/C51H95NO7/c1-6-8-10-12-14-16-18-20-21-22-23-24-25-26-27-28-29-30-32-34-36-38-40-42-50(54)59-47(45-57-44-43-48(51(55)56)52(3,4)5)46-58-49(53)41-39-37-35-33-31-19-17-15-13-11-9-7-2/h18,20,22-23,47-48H,6-17,19,21,24-46H2,1-5H3/b20-18-,23-22-. The van der Waals surface area contributed by atoms with Crippen molar-refractivity contribution in [2.75, 3.05) is 41.0 Å². The van der Waals surface area contributed by atoms with Gasteiger partial charge in [0.15, 0.2) is 6.10 Å². The first-order valence-corrected chi connectivity index (χ1v) is 24.9. The molecule has 0 fully saturated rings. The molecule has 0 bridgehead atoms. The van der Waals surface area contributed by atoms with Crippen LogP contribution in [-0.4, -0.2) is 75.5 Å². The van der Waals surface area contributed by atoms with E-state index in [1.165, 1.54) is 154 Å². The first-order chi connectivity index (χ1) is 28.6. The van der Waals surface area contributed by atoms with E-state index in [1.54, 1.807) is 21.1 Å². The van der Waals surface area contributed by atoms with Crippen molar-refractivity contribution in [2.45, 2.75) is 244 Å². The number of carboxylic acids is 1. The van der Waals surface area contributed by atoms with Crippen LogP contribution in [-0.2, 0) is 28.6 Å². The second-order valence-electron chi connectivity index (χ2n) is 18.1. The Labute approximate surface area is 364 Å². The van der Waals surface area contributed by atoms with E-state index in [0.29, 0.717) is 12.8 Å². The molecule has 0 aliphatic rings. The largest absolute Gasteiger partial charge is 0.544 e. The number of unbranched alkanes of at least 4 members (excludes halogenated alkanes) is 27. The molecular formula is C51H95NO7. The molecule has 0 radical (unpaired) electrons. The number of esters is 2. The molecule has 0 aromatic carbocycles. The number of hydrogen-bond donors (Lipinski definition) is 0. The molecule has 0 N–H and O–H groups in total. The summed E-state index contributed by atoms with van der Waals surface area (Å²) >= 11 is 0. The molecule has 2 unspecified atom stereocenters. The molecule has 0 spiro atoms. The van der Waals surface area contributed by atoms with Crippen LogP contribution in [0, 0.1) is 0 Å². The molecule has 0 saturated heterocycles. The summed E-state index contributed by atoms with van der Waals surface area (Å²) in [4.78, 5) is 36.9. The Kier molecular flexibility index (Phi) is 40.9. The summed E-state index contributed by atoms with van der Waals surface area (Å²) in [7, 11) is 5.42. The van der Waals surface area contributed by atoms with E-state index >= 15 is 0 Å². The number of ether oxygens (including phenoxy) is 3. The van der Waals surface area contributed by atoms with Crippen LogP contribution >= 0.6 is 0 Å². The SMILES string of the molecule is CCCCCCC/C=C\C/C=C\CCCCCCCCCCCCCC(=O)OC(COCCC(C(=O)[O-])[N+](C)(C)C)COC(=O)CCCCCCCCCCCCCC. The van der Waals surface area contributed by atoms with E-state index in [0.717, 1.165) is 44.9 Å². The Balaban J connectivity index is 4.19. The van der Waals surface area contributed by atoms with Crippen molar-refractivity contribution in [1.29, 1.82) is 0 Å². The fourth-order valence-electron chi connectivity index (χ4n) is 7.46. The summed E-state index contributed by atoms with van der Waals surface area (Å²) in [5.41, 5.74) is 0. The minimum Gasteiger partial charge on any atom is -0.544 e. The maximum atomic E-state index is 12.8.